The fourth-order valence-electron chi connectivity index (χ4n) is 11.1. The van der Waals surface area contributed by atoms with Crippen LogP contribution in [0.5, 0.6) is 0 Å². The van der Waals surface area contributed by atoms with E-state index in [1.165, 1.54) is 127 Å². The molecule has 1 unspecified atom stereocenters. The molecule has 66 heavy (non-hydrogen) atoms. The predicted octanol–water partition coefficient (Wildman–Crippen LogP) is 15.6. The summed E-state index contributed by atoms with van der Waals surface area (Å²) in [5.41, 5.74) is 23.2. The molecule has 0 amide bonds. The van der Waals surface area contributed by atoms with Crippen LogP contribution in [-0.2, 0) is 0 Å². The van der Waals surface area contributed by atoms with E-state index in [9.17, 15) is 0 Å². The summed E-state index contributed by atoms with van der Waals surface area (Å²) in [5.74, 6) is 0. The molecule has 0 aliphatic carbocycles. The average molecular weight is 844 g/mol. The zero-order valence-electron chi connectivity index (χ0n) is 36.6. The Kier molecular flexibility index (Phi) is 7.86. The molecule has 14 rings (SSSR count). The number of benzene rings is 10. The first-order valence-electron chi connectivity index (χ1n) is 22.9. The van der Waals surface area contributed by atoms with Gasteiger partial charge in [-0.25, -0.2) is 4.90 Å². The first-order chi connectivity index (χ1) is 32.5. The average Bonchev–Trinajstić information content (AvgIpc) is 4.09. The lowest BCUT2D eigenvalue weighted by molar-refractivity contribution is -0.677. The molecule has 1 aliphatic heterocycles. The van der Waals surface area contributed by atoms with E-state index in [0.29, 0.717) is 0 Å². The highest BCUT2D eigenvalue weighted by molar-refractivity contribution is 6.14. The Morgan fingerprint density at radius 3 is 1.50 bits per heavy atom. The number of para-hydroxylation sites is 3. The van der Waals surface area contributed by atoms with Gasteiger partial charge in [-0.15, -0.1) is 0 Å². The number of hydrogen-bond donors (Lipinski definition) is 2. The smallest absolute Gasteiger partial charge is 0.149 e. The number of hydrogen-bond acceptors (Lipinski definition) is 0. The van der Waals surface area contributed by atoms with Crippen LogP contribution in [0.2, 0.25) is 0 Å². The lowest BCUT2D eigenvalue weighted by Gasteiger charge is -2.14. The molecule has 310 valence electrons. The van der Waals surface area contributed by atoms with Gasteiger partial charge in [-0.05, 0) is 151 Å². The van der Waals surface area contributed by atoms with Gasteiger partial charge in [-0.2, -0.15) is 0 Å². The summed E-state index contributed by atoms with van der Waals surface area (Å²) in [7, 11) is 0. The van der Waals surface area contributed by atoms with Crippen LogP contribution in [0.1, 0.15) is 11.1 Å². The SMILES string of the molecule is Cc1ccc2c(c1)-c1cc(-c3ccc4c(c3)c3cc(-c5ccc6c(c5)c5cc(C)ccc5n6-c5ccccc5)ccc3n4-c3ccc4[nH]c5ccccc5c4c3)ccc1[NH+]2c1ccccc1. The van der Waals surface area contributed by atoms with E-state index in [4.69, 9.17) is 0 Å². The van der Waals surface area contributed by atoms with Crippen molar-refractivity contribution < 1.29 is 4.90 Å². The largest absolute Gasteiger partial charge is 0.355 e. The molecule has 4 nitrogen and oxygen atoms in total. The number of aromatic amines is 1. The zero-order chi connectivity index (χ0) is 43.6. The topological polar surface area (TPSA) is 30.1 Å². The van der Waals surface area contributed by atoms with E-state index in [1.54, 1.807) is 0 Å². The molecule has 13 aromatic rings. The molecule has 0 spiro atoms. The number of rotatable bonds is 5. The van der Waals surface area contributed by atoms with Crippen molar-refractivity contribution in [2.45, 2.75) is 13.8 Å². The second-order valence-corrected chi connectivity index (χ2v) is 18.2. The number of nitrogens with zero attached hydrogens (tertiary/aromatic N) is 2. The third kappa shape index (κ3) is 5.49. The molecule has 0 bridgehead atoms. The van der Waals surface area contributed by atoms with Crippen LogP contribution in [0.15, 0.2) is 212 Å². The maximum Gasteiger partial charge on any atom is 0.149 e. The molecule has 1 aliphatic rings. The summed E-state index contributed by atoms with van der Waals surface area (Å²) >= 11 is 0. The van der Waals surface area contributed by atoms with Gasteiger partial charge in [0.15, 0.2) is 0 Å². The quantitative estimate of drug-likeness (QED) is 0.173. The van der Waals surface area contributed by atoms with Gasteiger partial charge in [0, 0.05) is 72.4 Å². The Morgan fingerprint density at radius 2 is 0.818 bits per heavy atom. The van der Waals surface area contributed by atoms with E-state index < -0.39 is 0 Å². The number of aromatic nitrogens is 3. The van der Waals surface area contributed by atoms with Gasteiger partial charge >= 0.3 is 0 Å². The molecule has 0 radical (unpaired) electrons. The Labute approximate surface area is 381 Å². The minimum absolute atomic E-state index is 1.14. The highest BCUT2D eigenvalue weighted by Gasteiger charge is 2.33. The summed E-state index contributed by atoms with van der Waals surface area (Å²) in [6.07, 6.45) is 0. The Morgan fingerprint density at radius 1 is 0.333 bits per heavy atom. The normalized spacial score (nSPS) is 13.5. The Balaban J connectivity index is 0.973. The van der Waals surface area contributed by atoms with Gasteiger partial charge in [0.2, 0.25) is 0 Å². The molecule has 2 N–H and O–H groups in total. The van der Waals surface area contributed by atoms with Crippen molar-refractivity contribution in [3.8, 4) is 44.8 Å². The summed E-state index contributed by atoms with van der Waals surface area (Å²) in [4.78, 5) is 4.95. The number of fused-ring (bicyclic) bond motifs is 12. The maximum atomic E-state index is 3.64. The minimum atomic E-state index is 1.14. The highest BCUT2D eigenvalue weighted by Crippen LogP contribution is 2.44. The lowest BCUT2D eigenvalue weighted by Crippen LogP contribution is -2.95. The van der Waals surface area contributed by atoms with Crippen LogP contribution in [0, 0.1) is 13.8 Å². The van der Waals surface area contributed by atoms with Crippen LogP contribution in [0.3, 0.4) is 0 Å². The molecule has 3 aromatic heterocycles. The Bertz CT molecular complexity index is 4130. The monoisotopic (exact) mass is 843 g/mol. The zero-order valence-corrected chi connectivity index (χ0v) is 36.6. The van der Waals surface area contributed by atoms with Gasteiger partial charge in [0.25, 0.3) is 0 Å². The Hall–Kier alpha value is -8.44. The second-order valence-electron chi connectivity index (χ2n) is 18.2. The third-order valence-electron chi connectivity index (χ3n) is 14.2. The van der Waals surface area contributed by atoms with Crippen LogP contribution in [0.4, 0.5) is 17.1 Å². The highest BCUT2D eigenvalue weighted by atomic mass is 15.2. The van der Waals surface area contributed by atoms with Gasteiger partial charge in [-0.1, -0.05) is 96.1 Å². The maximum absolute atomic E-state index is 3.64. The number of H-pyrrole nitrogens is 1. The summed E-state index contributed by atoms with van der Waals surface area (Å²) < 4.78 is 4.86. The summed E-state index contributed by atoms with van der Waals surface area (Å²) in [6, 6.07) is 79.0. The third-order valence-corrected chi connectivity index (χ3v) is 14.2. The van der Waals surface area contributed by atoms with Crippen LogP contribution >= 0.6 is 0 Å². The molecular weight excluding hydrogens is 801 g/mol. The van der Waals surface area contributed by atoms with E-state index in [-0.39, 0.29) is 0 Å². The lowest BCUT2D eigenvalue weighted by atomic mass is 9.96. The van der Waals surface area contributed by atoms with Crippen molar-refractivity contribution in [2.75, 3.05) is 0 Å². The van der Waals surface area contributed by atoms with Crippen molar-refractivity contribution in [2.24, 2.45) is 0 Å². The van der Waals surface area contributed by atoms with Crippen molar-refractivity contribution >= 4 is 82.5 Å². The predicted molar refractivity (Wildman–Crippen MR) is 277 cm³/mol. The van der Waals surface area contributed by atoms with Crippen molar-refractivity contribution in [1.29, 1.82) is 0 Å². The van der Waals surface area contributed by atoms with Crippen LogP contribution in [0.25, 0.3) is 110 Å². The fraction of sp³-hybridized carbons (Fsp3) is 0.0323. The standard InChI is InChI=1S/C62H42N4/c1-38-17-25-57-49(31-38)51-33-40(19-27-59(51)64(57)44-11-5-3-6-12-44)42-21-29-61-53(35-42)54-36-43(22-30-62(54)66(61)46-23-24-56-48(37-46)47-15-9-10-16-55(47)63-56)41-20-28-60-52(34-41)50-32-39(2)18-26-58(50)65(60)45-13-7-4-8-14-45/h3-37,63H,1-2H3/p+1. The van der Waals surface area contributed by atoms with Gasteiger partial charge in [-0.3, -0.25) is 0 Å². The van der Waals surface area contributed by atoms with Crippen molar-refractivity contribution in [3.63, 3.8) is 0 Å². The van der Waals surface area contributed by atoms with Gasteiger partial charge in [0.1, 0.15) is 17.1 Å². The van der Waals surface area contributed by atoms with E-state index in [2.05, 4.69) is 240 Å². The van der Waals surface area contributed by atoms with Crippen molar-refractivity contribution in [1.82, 2.24) is 14.1 Å². The number of aryl methyl sites for hydroxylation is 2. The molecule has 4 heteroatoms. The van der Waals surface area contributed by atoms with Gasteiger partial charge in [0.05, 0.1) is 27.6 Å². The molecule has 10 aromatic carbocycles. The van der Waals surface area contributed by atoms with E-state index >= 15 is 0 Å². The molecule has 0 fully saturated rings. The minimum Gasteiger partial charge on any atom is -0.355 e. The molecular formula is C62H43N4+. The van der Waals surface area contributed by atoms with E-state index in [1.807, 2.05) is 0 Å². The number of nitrogens with one attached hydrogen (secondary N) is 2. The fourth-order valence-corrected chi connectivity index (χ4v) is 11.1. The number of quaternary nitrogens is 1. The molecule has 4 heterocycles. The molecule has 0 saturated heterocycles. The molecule has 1 atom stereocenters. The first kappa shape index (κ1) is 37.0. The second kappa shape index (κ2) is 14.0. The molecule has 0 saturated carbocycles. The van der Waals surface area contributed by atoms with Gasteiger partial charge < -0.3 is 14.1 Å². The van der Waals surface area contributed by atoms with E-state index in [0.717, 1.165) is 16.7 Å². The first-order valence-corrected chi connectivity index (χ1v) is 22.9. The van der Waals surface area contributed by atoms with Crippen LogP contribution < -0.4 is 4.90 Å². The van der Waals surface area contributed by atoms with Crippen molar-refractivity contribution in [3.05, 3.63) is 223 Å². The van der Waals surface area contributed by atoms with Crippen LogP contribution in [-0.4, -0.2) is 14.1 Å². The summed E-state index contributed by atoms with van der Waals surface area (Å²) in [6.45, 7) is 4.38. The summed E-state index contributed by atoms with van der Waals surface area (Å²) in [5, 5.41) is 7.45.